The number of carbonyl (C=O) groups is 1. The summed E-state index contributed by atoms with van der Waals surface area (Å²) in [7, 11) is 0. The molecular formula is C11H17N3O4. The van der Waals surface area contributed by atoms with Gasteiger partial charge in [0.1, 0.15) is 0 Å². The van der Waals surface area contributed by atoms with E-state index < -0.39 is 5.79 Å². The molecule has 0 radical (unpaired) electrons. The molecule has 0 aromatic rings. The molecular weight excluding hydrogens is 238 g/mol. The van der Waals surface area contributed by atoms with Crippen molar-refractivity contribution in [1.82, 2.24) is 0 Å². The molecule has 0 aromatic heterocycles. The maximum absolute atomic E-state index is 10.8. The van der Waals surface area contributed by atoms with E-state index in [0.717, 1.165) is 0 Å². The van der Waals surface area contributed by atoms with Gasteiger partial charge in [0.25, 0.3) is 0 Å². The number of fused-ring (bicyclic) bond motifs is 1. The Morgan fingerprint density at radius 2 is 2.28 bits per heavy atom. The zero-order chi connectivity index (χ0) is 13.3. The summed E-state index contributed by atoms with van der Waals surface area (Å²) in [6.45, 7) is 5.26. The van der Waals surface area contributed by atoms with Gasteiger partial charge in [-0.3, -0.25) is 4.79 Å². The fourth-order valence-electron chi connectivity index (χ4n) is 2.65. The number of azide groups is 1. The second-order valence-corrected chi connectivity index (χ2v) is 5.13. The van der Waals surface area contributed by atoms with Gasteiger partial charge in [-0.15, -0.1) is 0 Å². The van der Waals surface area contributed by atoms with Gasteiger partial charge in [0.2, 0.25) is 0 Å². The summed E-state index contributed by atoms with van der Waals surface area (Å²) in [6, 6.07) is -0.346. The minimum Gasteiger partial charge on any atom is -0.466 e. The molecule has 0 bridgehead atoms. The second-order valence-electron chi connectivity index (χ2n) is 5.13. The van der Waals surface area contributed by atoms with Crippen LogP contribution in [0, 0.1) is 5.92 Å². The monoisotopic (exact) mass is 255 g/mol. The predicted molar refractivity (Wildman–Crippen MR) is 61.5 cm³/mol. The lowest BCUT2D eigenvalue weighted by molar-refractivity contribution is -0.159. The van der Waals surface area contributed by atoms with Crippen LogP contribution in [0.4, 0.5) is 0 Å². The van der Waals surface area contributed by atoms with Crippen LogP contribution in [0.15, 0.2) is 5.11 Å². The summed E-state index contributed by atoms with van der Waals surface area (Å²) < 4.78 is 16.5. The fourth-order valence-corrected chi connectivity index (χ4v) is 2.65. The highest BCUT2D eigenvalue weighted by Gasteiger charge is 2.53. The Labute approximate surface area is 105 Å². The summed E-state index contributed by atoms with van der Waals surface area (Å²) >= 11 is 0. The number of nitrogens with zero attached hydrogens (tertiary/aromatic N) is 3. The summed E-state index contributed by atoms with van der Waals surface area (Å²) in [5.74, 6) is -1.03. The number of ether oxygens (including phenoxy) is 3. The molecule has 0 unspecified atom stereocenters. The van der Waals surface area contributed by atoms with E-state index in [1.807, 2.05) is 13.8 Å². The summed E-state index contributed by atoms with van der Waals surface area (Å²) in [4.78, 5) is 13.7. The lowest BCUT2D eigenvalue weighted by Crippen LogP contribution is -2.32. The third-order valence-electron chi connectivity index (χ3n) is 3.26. The lowest BCUT2D eigenvalue weighted by Gasteiger charge is -2.23. The minimum absolute atomic E-state index is 0.0455. The summed E-state index contributed by atoms with van der Waals surface area (Å²) in [5.41, 5.74) is 8.63. The van der Waals surface area contributed by atoms with Gasteiger partial charge >= 0.3 is 5.97 Å². The van der Waals surface area contributed by atoms with Crippen LogP contribution in [-0.4, -0.2) is 36.6 Å². The largest absolute Gasteiger partial charge is 0.466 e. The highest BCUT2D eigenvalue weighted by Crippen LogP contribution is 2.42. The van der Waals surface area contributed by atoms with Gasteiger partial charge in [-0.1, -0.05) is 5.11 Å². The Morgan fingerprint density at radius 1 is 1.56 bits per heavy atom. The molecule has 1 aliphatic carbocycles. The van der Waals surface area contributed by atoms with E-state index in [0.29, 0.717) is 6.42 Å². The maximum atomic E-state index is 10.8. The third-order valence-corrected chi connectivity index (χ3v) is 3.26. The van der Waals surface area contributed by atoms with E-state index in [-0.39, 0.29) is 36.7 Å². The van der Waals surface area contributed by atoms with Crippen LogP contribution in [0.2, 0.25) is 0 Å². The fraction of sp³-hybridized carbons (Fsp3) is 0.909. The smallest absolute Gasteiger partial charge is 0.302 e. The van der Waals surface area contributed by atoms with Crippen LogP contribution in [0.5, 0.6) is 0 Å². The Morgan fingerprint density at radius 3 is 2.89 bits per heavy atom. The summed E-state index contributed by atoms with van der Waals surface area (Å²) in [6.07, 6.45) is 0.318. The van der Waals surface area contributed by atoms with Crippen LogP contribution in [0.25, 0.3) is 10.4 Å². The zero-order valence-corrected chi connectivity index (χ0v) is 10.7. The van der Waals surface area contributed by atoms with E-state index in [9.17, 15) is 4.79 Å². The van der Waals surface area contributed by atoms with Crippen molar-refractivity contribution in [2.45, 2.75) is 51.2 Å². The second kappa shape index (κ2) is 4.76. The average molecular weight is 255 g/mol. The third kappa shape index (κ3) is 2.58. The molecule has 0 amide bonds. The van der Waals surface area contributed by atoms with Crippen molar-refractivity contribution in [2.24, 2.45) is 11.0 Å². The molecule has 4 atom stereocenters. The number of esters is 1. The molecule has 7 heteroatoms. The number of hydrogen-bond acceptors (Lipinski definition) is 5. The van der Waals surface area contributed by atoms with Crippen LogP contribution < -0.4 is 0 Å². The van der Waals surface area contributed by atoms with Crippen molar-refractivity contribution in [2.75, 3.05) is 6.61 Å². The maximum Gasteiger partial charge on any atom is 0.302 e. The van der Waals surface area contributed by atoms with Crippen LogP contribution in [0.3, 0.4) is 0 Å². The number of carbonyl (C=O) groups excluding carboxylic acids is 1. The van der Waals surface area contributed by atoms with Crippen molar-refractivity contribution < 1.29 is 19.0 Å². The van der Waals surface area contributed by atoms with Crippen molar-refractivity contribution in [3.05, 3.63) is 10.4 Å². The van der Waals surface area contributed by atoms with E-state index in [4.69, 9.17) is 19.7 Å². The van der Waals surface area contributed by atoms with Crippen LogP contribution in [0.1, 0.15) is 27.2 Å². The Hall–Kier alpha value is -1.30. The number of hydrogen-bond donors (Lipinski definition) is 0. The quantitative estimate of drug-likeness (QED) is 0.332. The molecule has 1 heterocycles. The molecule has 1 saturated heterocycles. The molecule has 0 aromatic carbocycles. The number of rotatable bonds is 3. The van der Waals surface area contributed by atoms with Crippen molar-refractivity contribution in [1.29, 1.82) is 0 Å². The van der Waals surface area contributed by atoms with Gasteiger partial charge in [0.05, 0.1) is 24.9 Å². The highest BCUT2D eigenvalue weighted by molar-refractivity contribution is 5.65. The molecule has 1 aliphatic heterocycles. The Kier molecular flexibility index (Phi) is 3.47. The molecule has 100 valence electrons. The summed E-state index contributed by atoms with van der Waals surface area (Å²) in [5, 5.41) is 3.78. The normalized spacial score (nSPS) is 36.8. The van der Waals surface area contributed by atoms with Crippen molar-refractivity contribution in [3.8, 4) is 0 Å². The first-order valence-corrected chi connectivity index (χ1v) is 5.96. The standard InChI is InChI=1S/C11H17N3O4/c1-6(15)16-5-7-4-8-10(9(7)13-14-12)18-11(2,3)17-8/h7-10H,4-5H2,1-3H3/t7-,8+,9-,10+/m1/s1. The first-order chi connectivity index (χ1) is 8.43. The van der Waals surface area contributed by atoms with E-state index in [1.54, 1.807) is 0 Å². The molecule has 1 saturated carbocycles. The van der Waals surface area contributed by atoms with E-state index in [1.165, 1.54) is 6.92 Å². The van der Waals surface area contributed by atoms with Crippen molar-refractivity contribution >= 4 is 5.97 Å². The van der Waals surface area contributed by atoms with Gasteiger partial charge in [-0.25, -0.2) is 0 Å². The topological polar surface area (TPSA) is 93.5 Å². The molecule has 7 nitrogen and oxygen atoms in total. The first-order valence-electron chi connectivity index (χ1n) is 5.96. The Balaban J connectivity index is 2.07. The van der Waals surface area contributed by atoms with Crippen LogP contribution >= 0.6 is 0 Å². The minimum atomic E-state index is -0.648. The van der Waals surface area contributed by atoms with Gasteiger partial charge in [0.15, 0.2) is 5.79 Å². The molecule has 0 spiro atoms. The predicted octanol–water partition coefficient (Wildman–Crippen LogP) is 1.77. The van der Waals surface area contributed by atoms with E-state index in [2.05, 4.69) is 10.0 Å². The van der Waals surface area contributed by atoms with Gasteiger partial charge in [0, 0.05) is 17.8 Å². The molecule has 2 rings (SSSR count). The SMILES string of the molecule is CC(=O)OC[C@H]1C[C@@H]2OC(C)(C)O[C@@H]2[C@@H]1N=[N+]=[N-]. The molecule has 18 heavy (non-hydrogen) atoms. The lowest BCUT2D eigenvalue weighted by atomic mass is 10.0. The molecule has 0 N–H and O–H groups in total. The zero-order valence-electron chi connectivity index (χ0n) is 10.7. The van der Waals surface area contributed by atoms with Gasteiger partial charge < -0.3 is 14.2 Å². The molecule has 2 fully saturated rings. The van der Waals surface area contributed by atoms with Crippen molar-refractivity contribution in [3.63, 3.8) is 0 Å². The Bertz CT molecular complexity index is 392. The van der Waals surface area contributed by atoms with Gasteiger partial charge in [-0.2, -0.15) is 0 Å². The van der Waals surface area contributed by atoms with E-state index >= 15 is 0 Å². The average Bonchev–Trinajstić information content (AvgIpc) is 2.70. The molecule has 2 aliphatic rings. The van der Waals surface area contributed by atoms with Gasteiger partial charge in [-0.05, 0) is 25.8 Å². The first kappa shape index (κ1) is 13.1. The van der Waals surface area contributed by atoms with Crippen LogP contribution in [-0.2, 0) is 19.0 Å². The highest BCUT2D eigenvalue weighted by atomic mass is 16.8.